The Bertz CT molecular complexity index is 489. The van der Waals surface area contributed by atoms with E-state index < -0.39 is 5.97 Å². The maximum Gasteiger partial charge on any atom is 0.339 e. The van der Waals surface area contributed by atoms with Crippen LogP contribution < -0.4 is 4.74 Å². The number of phenols is 1. The van der Waals surface area contributed by atoms with Crippen molar-refractivity contribution >= 4 is 5.97 Å². The van der Waals surface area contributed by atoms with E-state index in [0.717, 1.165) is 12.8 Å². The molecule has 0 bridgehead atoms. The fraction of sp³-hybridized carbons (Fsp3) is 0.400. The van der Waals surface area contributed by atoms with Gasteiger partial charge in [-0.15, -0.1) is 0 Å². The Morgan fingerprint density at radius 1 is 1.37 bits per heavy atom. The van der Waals surface area contributed by atoms with Crippen molar-refractivity contribution < 1.29 is 19.7 Å². The second-order valence-electron chi connectivity index (χ2n) is 4.36. The quantitative estimate of drug-likeness (QED) is 0.610. The van der Waals surface area contributed by atoms with Crippen LogP contribution in [0.1, 0.15) is 41.3 Å². The summed E-state index contributed by atoms with van der Waals surface area (Å²) in [7, 11) is 0. The number of aromatic hydroxyl groups is 1. The van der Waals surface area contributed by atoms with E-state index in [1.54, 1.807) is 19.9 Å². The summed E-state index contributed by atoms with van der Waals surface area (Å²) in [6, 6.07) is 1.65. The zero-order chi connectivity index (χ0) is 14.4. The van der Waals surface area contributed by atoms with E-state index in [4.69, 9.17) is 9.84 Å². The van der Waals surface area contributed by atoms with E-state index in [1.165, 1.54) is 0 Å². The van der Waals surface area contributed by atoms with Gasteiger partial charge in [0.15, 0.2) is 0 Å². The highest BCUT2D eigenvalue weighted by Gasteiger charge is 2.18. The second-order valence-corrected chi connectivity index (χ2v) is 4.36. The van der Waals surface area contributed by atoms with Crippen LogP contribution in [0.5, 0.6) is 11.5 Å². The minimum Gasteiger partial charge on any atom is -0.507 e. The minimum absolute atomic E-state index is 0.0595. The molecule has 2 N–H and O–H groups in total. The average Bonchev–Trinajstić information content (AvgIpc) is 2.34. The van der Waals surface area contributed by atoms with Crippen molar-refractivity contribution in [2.24, 2.45) is 0 Å². The molecule has 104 valence electrons. The lowest BCUT2D eigenvalue weighted by molar-refractivity contribution is 0.0692. The molecule has 1 aromatic carbocycles. The maximum absolute atomic E-state index is 11.0. The SMILES string of the molecule is CC/C=C/CCOc1cc(C)c(C(=O)O)c(O)c1C. The van der Waals surface area contributed by atoms with Crippen LogP contribution in [0.2, 0.25) is 0 Å². The van der Waals surface area contributed by atoms with Crippen LogP contribution in [0.4, 0.5) is 0 Å². The fourth-order valence-electron chi connectivity index (χ4n) is 1.81. The second kappa shape index (κ2) is 6.83. The Labute approximate surface area is 113 Å². The van der Waals surface area contributed by atoms with E-state index in [1.807, 2.05) is 6.08 Å². The molecule has 0 aliphatic carbocycles. The summed E-state index contributed by atoms with van der Waals surface area (Å²) in [6.07, 6.45) is 5.88. The Kier molecular flexibility index (Phi) is 5.42. The van der Waals surface area contributed by atoms with Gasteiger partial charge in [0.25, 0.3) is 0 Å². The highest BCUT2D eigenvalue weighted by Crippen LogP contribution is 2.33. The third-order valence-corrected chi connectivity index (χ3v) is 2.86. The summed E-state index contributed by atoms with van der Waals surface area (Å²) >= 11 is 0. The number of ether oxygens (including phenoxy) is 1. The van der Waals surface area contributed by atoms with Crippen molar-refractivity contribution in [3.05, 3.63) is 34.9 Å². The third kappa shape index (κ3) is 3.74. The van der Waals surface area contributed by atoms with E-state index >= 15 is 0 Å². The lowest BCUT2D eigenvalue weighted by Crippen LogP contribution is -2.04. The molecule has 4 heteroatoms. The van der Waals surface area contributed by atoms with E-state index in [2.05, 4.69) is 13.0 Å². The number of allylic oxidation sites excluding steroid dienone is 1. The van der Waals surface area contributed by atoms with Crippen LogP contribution in [0.3, 0.4) is 0 Å². The lowest BCUT2D eigenvalue weighted by atomic mass is 10.0. The van der Waals surface area contributed by atoms with Crippen LogP contribution in [0.15, 0.2) is 18.2 Å². The molecular formula is C15H20O4. The number of carbonyl (C=O) groups is 1. The van der Waals surface area contributed by atoms with Crippen LogP contribution in [0.25, 0.3) is 0 Å². The Morgan fingerprint density at radius 2 is 2.05 bits per heavy atom. The van der Waals surface area contributed by atoms with Gasteiger partial charge in [-0.1, -0.05) is 19.1 Å². The molecule has 0 fully saturated rings. The van der Waals surface area contributed by atoms with Crippen LogP contribution in [-0.2, 0) is 0 Å². The van der Waals surface area contributed by atoms with Crippen molar-refractivity contribution in [3.63, 3.8) is 0 Å². The molecule has 0 atom stereocenters. The first-order valence-corrected chi connectivity index (χ1v) is 6.33. The molecule has 19 heavy (non-hydrogen) atoms. The molecule has 4 nitrogen and oxygen atoms in total. The van der Waals surface area contributed by atoms with Gasteiger partial charge in [-0.3, -0.25) is 0 Å². The summed E-state index contributed by atoms with van der Waals surface area (Å²) in [4.78, 5) is 11.0. The Hall–Kier alpha value is -1.97. The first-order chi connectivity index (χ1) is 8.99. The molecule has 0 aliphatic rings. The number of aryl methyl sites for hydroxylation is 1. The maximum atomic E-state index is 11.0. The fourth-order valence-corrected chi connectivity index (χ4v) is 1.81. The normalized spacial score (nSPS) is 10.9. The molecule has 1 aromatic rings. The van der Waals surface area contributed by atoms with Gasteiger partial charge in [0.2, 0.25) is 0 Å². The summed E-state index contributed by atoms with van der Waals surface area (Å²) in [6.45, 7) is 5.86. The molecule has 0 saturated carbocycles. The van der Waals surface area contributed by atoms with E-state index in [0.29, 0.717) is 23.5 Å². The third-order valence-electron chi connectivity index (χ3n) is 2.86. The molecule has 0 aliphatic heterocycles. The monoisotopic (exact) mass is 264 g/mol. The predicted octanol–water partition coefficient (Wildman–Crippen LogP) is 3.44. The van der Waals surface area contributed by atoms with Crippen molar-refractivity contribution in [1.29, 1.82) is 0 Å². The van der Waals surface area contributed by atoms with Crippen LogP contribution >= 0.6 is 0 Å². The predicted molar refractivity (Wildman–Crippen MR) is 74.1 cm³/mol. The summed E-state index contributed by atoms with van der Waals surface area (Å²) in [5.41, 5.74) is 0.896. The highest BCUT2D eigenvalue weighted by molar-refractivity contribution is 5.93. The van der Waals surface area contributed by atoms with Gasteiger partial charge in [-0.05, 0) is 38.3 Å². The smallest absolute Gasteiger partial charge is 0.339 e. The molecular weight excluding hydrogens is 244 g/mol. The van der Waals surface area contributed by atoms with Crippen molar-refractivity contribution in [1.82, 2.24) is 0 Å². The standard InChI is InChI=1S/C15H20O4/c1-4-5-6-7-8-19-12-9-10(2)13(15(17)18)14(16)11(12)3/h5-6,9,16H,4,7-8H2,1-3H3,(H,17,18)/b6-5+. The Balaban J connectivity index is 2.86. The topological polar surface area (TPSA) is 66.8 Å². The summed E-state index contributed by atoms with van der Waals surface area (Å²) in [5.74, 6) is -0.813. The van der Waals surface area contributed by atoms with Gasteiger partial charge in [0, 0.05) is 5.56 Å². The Morgan fingerprint density at radius 3 is 2.63 bits per heavy atom. The van der Waals surface area contributed by atoms with Gasteiger partial charge in [0.05, 0.1) is 6.61 Å². The van der Waals surface area contributed by atoms with Crippen molar-refractivity contribution in [2.75, 3.05) is 6.61 Å². The van der Waals surface area contributed by atoms with Gasteiger partial charge in [0.1, 0.15) is 17.1 Å². The van der Waals surface area contributed by atoms with Gasteiger partial charge < -0.3 is 14.9 Å². The molecule has 0 amide bonds. The first-order valence-electron chi connectivity index (χ1n) is 6.33. The van der Waals surface area contributed by atoms with E-state index in [-0.39, 0.29) is 11.3 Å². The molecule has 0 unspecified atom stereocenters. The molecule has 0 spiro atoms. The molecule has 0 aromatic heterocycles. The average molecular weight is 264 g/mol. The lowest BCUT2D eigenvalue weighted by Gasteiger charge is -2.13. The molecule has 0 heterocycles. The number of hydrogen-bond acceptors (Lipinski definition) is 3. The summed E-state index contributed by atoms with van der Waals surface area (Å²) in [5, 5.41) is 18.9. The minimum atomic E-state index is -1.13. The van der Waals surface area contributed by atoms with Crippen molar-refractivity contribution in [3.8, 4) is 11.5 Å². The number of rotatable bonds is 6. The summed E-state index contributed by atoms with van der Waals surface area (Å²) < 4.78 is 5.58. The van der Waals surface area contributed by atoms with Gasteiger partial charge >= 0.3 is 5.97 Å². The molecule has 0 radical (unpaired) electrons. The van der Waals surface area contributed by atoms with Crippen LogP contribution in [-0.4, -0.2) is 22.8 Å². The number of aromatic carboxylic acids is 1. The number of carboxylic acid groups (broad SMARTS) is 1. The zero-order valence-corrected chi connectivity index (χ0v) is 11.6. The number of benzene rings is 1. The number of carboxylic acids is 1. The zero-order valence-electron chi connectivity index (χ0n) is 11.6. The largest absolute Gasteiger partial charge is 0.507 e. The van der Waals surface area contributed by atoms with Crippen LogP contribution in [0, 0.1) is 13.8 Å². The van der Waals surface area contributed by atoms with E-state index in [9.17, 15) is 9.90 Å². The van der Waals surface area contributed by atoms with Crippen molar-refractivity contribution in [2.45, 2.75) is 33.6 Å². The highest BCUT2D eigenvalue weighted by atomic mass is 16.5. The van der Waals surface area contributed by atoms with Gasteiger partial charge in [-0.25, -0.2) is 4.79 Å². The molecule has 0 saturated heterocycles. The molecule has 1 rings (SSSR count). The first kappa shape index (κ1) is 15.1. The number of hydrogen-bond donors (Lipinski definition) is 2. The van der Waals surface area contributed by atoms with Gasteiger partial charge in [-0.2, -0.15) is 0 Å².